The number of ether oxygens (including phenoxy) is 1. The third-order valence-corrected chi connectivity index (χ3v) is 3.18. The van der Waals surface area contributed by atoms with Crippen molar-refractivity contribution in [3.63, 3.8) is 0 Å². The summed E-state index contributed by atoms with van der Waals surface area (Å²) < 4.78 is 37.3. The van der Waals surface area contributed by atoms with Crippen LogP contribution in [0.1, 0.15) is 58.3 Å². The van der Waals surface area contributed by atoms with E-state index in [0.29, 0.717) is 12.8 Å². The minimum Gasteiger partial charge on any atom is -0.464 e. The van der Waals surface area contributed by atoms with Gasteiger partial charge in [0.15, 0.2) is 6.61 Å². The van der Waals surface area contributed by atoms with Crippen LogP contribution in [0.3, 0.4) is 0 Å². The molecule has 21 heavy (non-hydrogen) atoms. The van der Waals surface area contributed by atoms with Crippen LogP contribution in [0.2, 0.25) is 0 Å². The van der Waals surface area contributed by atoms with Gasteiger partial charge in [-0.2, -0.15) is 8.42 Å². The zero-order valence-corrected chi connectivity index (χ0v) is 13.2. The largest absolute Gasteiger partial charge is 0.464 e. The molecule has 0 aliphatic carbocycles. The van der Waals surface area contributed by atoms with Crippen LogP contribution in [0.4, 0.5) is 0 Å². The number of hydrogen-bond acceptors (Lipinski definition) is 6. The highest BCUT2D eigenvalue weighted by Crippen LogP contribution is 2.08. The molecule has 0 aliphatic rings. The van der Waals surface area contributed by atoms with E-state index < -0.39 is 23.0 Å². The van der Waals surface area contributed by atoms with Gasteiger partial charge in [-0.1, -0.05) is 32.1 Å². The van der Waals surface area contributed by atoms with Crippen LogP contribution in [-0.4, -0.2) is 37.9 Å². The summed E-state index contributed by atoms with van der Waals surface area (Å²) in [4.78, 5) is 21.7. The second-order valence-electron chi connectivity index (χ2n) is 4.84. The van der Waals surface area contributed by atoms with E-state index in [1.54, 1.807) is 6.92 Å². The molecule has 0 heterocycles. The molecule has 0 rings (SSSR count). The lowest BCUT2D eigenvalue weighted by molar-refractivity contribution is -0.146. The van der Waals surface area contributed by atoms with E-state index in [1.807, 2.05) is 0 Å². The molecular formula is C13H24O7S. The number of hydrogen-bond donors (Lipinski definition) is 1. The number of carbonyl (C=O) groups is 2. The molecule has 124 valence electrons. The van der Waals surface area contributed by atoms with Crippen molar-refractivity contribution in [2.45, 2.75) is 58.3 Å². The van der Waals surface area contributed by atoms with Crippen molar-refractivity contribution in [2.75, 3.05) is 13.2 Å². The summed E-state index contributed by atoms with van der Waals surface area (Å²) in [6.45, 7) is 0.995. The van der Waals surface area contributed by atoms with Crippen LogP contribution in [0.25, 0.3) is 0 Å². The summed E-state index contributed by atoms with van der Waals surface area (Å²) in [6.07, 6.45) is 7.47. The van der Waals surface area contributed by atoms with E-state index in [1.165, 1.54) is 0 Å². The lowest BCUT2D eigenvalue weighted by Gasteiger charge is -2.04. The fourth-order valence-electron chi connectivity index (χ4n) is 1.71. The molecule has 0 fully saturated rings. The first-order valence-corrected chi connectivity index (χ1v) is 8.44. The average Bonchev–Trinajstić information content (AvgIpc) is 2.37. The Morgan fingerprint density at radius 1 is 0.952 bits per heavy atom. The van der Waals surface area contributed by atoms with E-state index >= 15 is 0 Å². The summed E-state index contributed by atoms with van der Waals surface area (Å²) >= 11 is 0. The Morgan fingerprint density at radius 2 is 1.48 bits per heavy atom. The predicted octanol–water partition coefficient (Wildman–Crippen LogP) is 2.06. The third kappa shape index (κ3) is 17.0. The lowest BCUT2D eigenvalue weighted by Crippen LogP contribution is -2.16. The van der Waals surface area contributed by atoms with Gasteiger partial charge in [0.1, 0.15) is 5.78 Å². The molecule has 0 saturated carbocycles. The van der Waals surface area contributed by atoms with Crippen molar-refractivity contribution in [1.82, 2.24) is 0 Å². The number of ketones is 1. The number of carbonyl (C=O) groups excluding carboxylic acids is 2. The second-order valence-corrected chi connectivity index (χ2v) is 5.93. The first kappa shape index (κ1) is 20.0. The van der Waals surface area contributed by atoms with Crippen LogP contribution in [0.5, 0.6) is 0 Å². The van der Waals surface area contributed by atoms with Gasteiger partial charge in [-0.15, -0.1) is 0 Å². The van der Waals surface area contributed by atoms with Gasteiger partial charge >= 0.3 is 16.4 Å². The number of Topliss-reactive ketones (excluding diaryl/α,β-unsaturated/α-hetero) is 1. The molecule has 0 bridgehead atoms. The Bertz CT molecular complexity index is 403. The summed E-state index contributed by atoms with van der Waals surface area (Å²) in [6, 6.07) is 0. The zero-order valence-electron chi connectivity index (χ0n) is 12.4. The standard InChI is InChI=1S/C13H24O7S/c1-12(14)9-7-5-3-2-4-6-8-10-19-13(15)11-20-21(16,17)18/h2-11H2,1H3,(H,16,17,18). The summed E-state index contributed by atoms with van der Waals surface area (Å²) in [7, 11) is -4.60. The Hall–Kier alpha value is -0.990. The van der Waals surface area contributed by atoms with Crippen LogP contribution in [0.15, 0.2) is 0 Å². The van der Waals surface area contributed by atoms with Gasteiger partial charge in [-0.25, -0.2) is 8.98 Å². The summed E-state index contributed by atoms with van der Waals surface area (Å²) in [5, 5.41) is 0. The molecular weight excluding hydrogens is 300 g/mol. The van der Waals surface area contributed by atoms with Crippen molar-refractivity contribution >= 4 is 22.2 Å². The average molecular weight is 324 g/mol. The Balaban J connectivity index is 3.29. The second kappa shape index (κ2) is 11.6. The fraction of sp³-hybridized carbons (Fsp3) is 0.846. The van der Waals surface area contributed by atoms with Gasteiger partial charge in [0.05, 0.1) is 6.61 Å². The predicted molar refractivity (Wildman–Crippen MR) is 76.1 cm³/mol. The van der Waals surface area contributed by atoms with Crippen molar-refractivity contribution in [3.05, 3.63) is 0 Å². The highest BCUT2D eigenvalue weighted by molar-refractivity contribution is 7.80. The minimum absolute atomic E-state index is 0.206. The third-order valence-electron chi connectivity index (χ3n) is 2.76. The molecule has 0 spiro atoms. The molecule has 0 aromatic carbocycles. The van der Waals surface area contributed by atoms with Gasteiger partial charge in [-0.3, -0.25) is 4.55 Å². The molecule has 1 N–H and O–H groups in total. The monoisotopic (exact) mass is 324 g/mol. The minimum atomic E-state index is -4.60. The van der Waals surface area contributed by atoms with E-state index in [-0.39, 0.29) is 12.4 Å². The van der Waals surface area contributed by atoms with Gasteiger partial charge in [0.25, 0.3) is 0 Å². The molecule has 0 aromatic rings. The van der Waals surface area contributed by atoms with E-state index in [0.717, 1.165) is 38.5 Å². The van der Waals surface area contributed by atoms with Crippen LogP contribution in [0, 0.1) is 0 Å². The molecule has 0 amide bonds. The van der Waals surface area contributed by atoms with E-state index in [9.17, 15) is 18.0 Å². The van der Waals surface area contributed by atoms with Crippen molar-refractivity contribution in [2.24, 2.45) is 0 Å². The molecule has 0 radical (unpaired) electrons. The molecule has 0 atom stereocenters. The van der Waals surface area contributed by atoms with E-state index in [4.69, 9.17) is 9.29 Å². The smallest absolute Gasteiger partial charge is 0.397 e. The summed E-state index contributed by atoms with van der Waals surface area (Å²) in [5.41, 5.74) is 0. The van der Waals surface area contributed by atoms with Crippen molar-refractivity contribution < 1.29 is 31.5 Å². The van der Waals surface area contributed by atoms with Crippen LogP contribution >= 0.6 is 0 Å². The van der Waals surface area contributed by atoms with Crippen LogP contribution < -0.4 is 0 Å². The number of unbranched alkanes of at least 4 members (excludes halogenated alkanes) is 6. The van der Waals surface area contributed by atoms with Gasteiger partial charge in [0.2, 0.25) is 0 Å². The molecule has 7 nitrogen and oxygen atoms in total. The fourth-order valence-corrected chi connectivity index (χ4v) is 1.96. The first-order valence-electron chi connectivity index (χ1n) is 7.08. The molecule has 0 saturated heterocycles. The normalized spacial score (nSPS) is 11.3. The highest BCUT2D eigenvalue weighted by Gasteiger charge is 2.10. The maximum absolute atomic E-state index is 11.0. The molecule has 0 aromatic heterocycles. The zero-order chi connectivity index (χ0) is 16.1. The van der Waals surface area contributed by atoms with Crippen molar-refractivity contribution in [1.29, 1.82) is 0 Å². The topological polar surface area (TPSA) is 107 Å². The van der Waals surface area contributed by atoms with Gasteiger partial charge < -0.3 is 9.53 Å². The Kier molecular flexibility index (Phi) is 11.1. The lowest BCUT2D eigenvalue weighted by atomic mass is 10.1. The highest BCUT2D eigenvalue weighted by atomic mass is 32.3. The molecule has 0 unspecified atom stereocenters. The number of rotatable bonds is 13. The maximum Gasteiger partial charge on any atom is 0.397 e. The Labute approximate surface area is 126 Å². The molecule has 8 heteroatoms. The Morgan fingerprint density at radius 3 is 2.00 bits per heavy atom. The SMILES string of the molecule is CC(=O)CCCCCCCCCOC(=O)COS(=O)(=O)O. The maximum atomic E-state index is 11.0. The van der Waals surface area contributed by atoms with Crippen LogP contribution in [-0.2, 0) is 28.9 Å². The van der Waals surface area contributed by atoms with Gasteiger partial charge in [-0.05, 0) is 19.8 Å². The summed E-state index contributed by atoms with van der Waals surface area (Å²) in [5.74, 6) is -0.591. The quantitative estimate of drug-likeness (QED) is 0.314. The molecule has 0 aliphatic heterocycles. The first-order chi connectivity index (χ1) is 9.81. The van der Waals surface area contributed by atoms with Gasteiger partial charge in [0, 0.05) is 6.42 Å². The van der Waals surface area contributed by atoms with E-state index in [2.05, 4.69) is 4.18 Å². The van der Waals surface area contributed by atoms with Crippen molar-refractivity contribution in [3.8, 4) is 0 Å². The number of esters is 1.